The van der Waals surface area contributed by atoms with Gasteiger partial charge in [0, 0.05) is 9.65 Å². The van der Waals surface area contributed by atoms with Crippen molar-refractivity contribution in [1.29, 1.82) is 0 Å². The third kappa shape index (κ3) is 32.1. The summed E-state index contributed by atoms with van der Waals surface area (Å²) >= 11 is 7.87. The van der Waals surface area contributed by atoms with Gasteiger partial charge in [0.2, 0.25) is 0 Å². The molecular weight excluding hydrogens is 1080 g/mol. The van der Waals surface area contributed by atoms with Crippen LogP contribution in [-0.4, -0.2) is 9.65 Å². The summed E-state index contributed by atoms with van der Waals surface area (Å²) in [5.74, 6) is 4.72. The molecule has 0 saturated carbocycles. The quantitative estimate of drug-likeness (QED) is 0.0249. The number of alkyl halides is 2. The van der Waals surface area contributed by atoms with Crippen molar-refractivity contribution in [2.45, 2.75) is 231 Å². The second kappa shape index (κ2) is 48.5. The highest BCUT2D eigenvalue weighted by molar-refractivity contribution is 9.12. The van der Waals surface area contributed by atoms with Crippen LogP contribution in [0.25, 0.3) is 0 Å². The maximum absolute atomic E-state index is 3.94. The lowest BCUT2D eigenvalue weighted by molar-refractivity contribution is 0.423. The molecule has 0 amide bonds. The first-order valence-corrected chi connectivity index (χ1v) is 33.3. The Morgan fingerprint density at radius 3 is 0.987 bits per heavy atom. The molecule has 0 heterocycles. The fourth-order valence-electron chi connectivity index (χ4n) is 10.1. The normalized spacial score (nSPS) is 14.2. The SMILES string of the molecule is CC.CC.CC.CCC(CC(Br)C(Br)CCC(C)c1ccccc1)c1ccccc1.CCC(CC(C)CCCC=CCCC(C)c1ccccc1)c1ccccc1.CCC(CC=CCCC(C)c1ccccc1)c1ccccc1. The van der Waals surface area contributed by atoms with Gasteiger partial charge in [0.1, 0.15) is 0 Å². The zero-order valence-electron chi connectivity index (χ0n) is 52.2. The molecule has 6 aromatic carbocycles. The Hall–Kier alpha value is -4.24. The van der Waals surface area contributed by atoms with Gasteiger partial charge in [0.15, 0.2) is 0 Å². The van der Waals surface area contributed by atoms with E-state index in [0.29, 0.717) is 39.2 Å². The molecule has 0 saturated heterocycles. The van der Waals surface area contributed by atoms with Crippen LogP contribution in [0.2, 0.25) is 0 Å². The van der Waals surface area contributed by atoms with Crippen molar-refractivity contribution in [3.63, 3.8) is 0 Å². The average Bonchev–Trinajstić information content (AvgIpc) is 3.52. The van der Waals surface area contributed by atoms with Gasteiger partial charge in [-0.05, 0) is 165 Å². The van der Waals surface area contributed by atoms with E-state index in [-0.39, 0.29) is 0 Å². The summed E-state index contributed by atoms with van der Waals surface area (Å²) in [5.41, 5.74) is 8.79. The van der Waals surface area contributed by atoms with Crippen LogP contribution in [0.4, 0.5) is 0 Å². The molecule has 2 heteroatoms. The van der Waals surface area contributed by atoms with E-state index in [0.717, 1.165) is 18.3 Å². The van der Waals surface area contributed by atoms with E-state index in [1.54, 1.807) is 0 Å². The molecule has 0 fully saturated rings. The van der Waals surface area contributed by atoms with Crippen molar-refractivity contribution in [2.75, 3.05) is 0 Å². The molecule has 9 unspecified atom stereocenters. The van der Waals surface area contributed by atoms with Gasteiger partial charge < -0.3 is 0 Å². The first-order valence-electron chi connectivity index (χ1n) is 31.5. The summed E-state index contributed by atoms with van der Waals surface area (Å²) in [6, 6.07) is 65.4. The lowest BCUT2D eigenvalue weighted by Crippen LogP contribution is -2.18. The van der Waals surface area contributed by atoms with Crippen LogP contribution in [0.15, 0.2) is 206 Å². The molecule has 0 nitrogen and oxygen atoms in total. The molecule has 6 rings (SSSR count). The lowest BCUT2D eigenvalue weighted by Gasteiger charge is -2.24. The summed E-state index contributed by atoms with van der Waals surface area (Å²) in [6.07, 6.45) is 27.9. The Kier molecular flexibility index (Phi) is 44.6. The molecule has 0 aliphatic rings. The molecule has 0 aliphatic heterocycles. The number of unbranched alkanes of at least 4 members (excludes halogenated alkanes) is 1. The Bertz CT molecular complexity index is 2260. The van der Waals surface area contributed by atoms with Gasteiger partial charge in [-0.1, -0.05) is 335 Å². The zero-order valence-corrected chi connectivity index (χ0v) is 55.4. The maximum Gasteiger partial charge on any atom is 0.0276 e. The summed E-state index contributed by atoms with van der Waals surface area (Å²) in [6.45, 7) is 28.3. The van der Waals surface area contributed by atoms with E-state index >= 15 is 0 Å². The fourth-order valence-corrected chi connectivity index (χ4v) is 11.3. The molecule has 79 heavy (non-hydrogen) atoms. The first kappa shape index (κ1) is 72.8. The summed E-state index contributed by atoms with van der Waals surface area (Å²) in [4.78, 5) is 1.02. The fraction of sp³-hybridized carbons (Fsp3) is 0.481. The van der Waals surface area contributed by atoms with Gasteiger partial charge in [-0.3, -0.25) is 0 Å². The second-order valence-electron chi connectivity index (χ2n) is 20.9. The molecule has 0 bridgehead atoms. The van der Waals surface area contributed by atoms with Crippen LogP contribution in [0, 0.1) is 5.92 Å². The van der Waals surface area contributed by atoms with Crippen LogP contribution in [0.3, 0.4) is 0 Å². The lowest BCUT2D eigenvalue weighted by atomic mass is 9.86. The predicted octanol–water partition coefficient (Wildman–Crippen LogP) is 26.0. The summed E-state index contributed by atoms with van der Waals surface area (Å²) < 4.78 is 0. The Labute approximate surface area is 505 Å². The molecule has 0 aliphatic carbocycles. The Balaban J connectivity index is 0.000000567. The van der Waals surface area contributed by atoms with Gasteiger partial charge in [-0.15, -0.1) is 0 Å². The van der Waals surface area contributed by atoms with Crippen molar-refractivity contribution in [3.8, 4) is 0 Å². The van der Waals surface area contributed by atoms with Crippen molar-refractivity contribution < 1.29 is 0 Å². The molecule has 0 aromatic heterocycles. The Morgan fingerprint density at radius 1 is 0.316 bits per heavy atom. The van der Waals surface area contributed by atoms with E-state index in [1.807, 2.05) is 41.5 Å². The van der Waals surface area contributed by atoms with E-state index in [9.17, 15) is 0 Å². The molecular formula is C77H112Br2. The van der Waals surface area contributed by atoms with Crippen LogP contribution in [0.1, 0.15) is 255 Å². The van der Waals surface area contributed by atoms with Crippen LogP contribution >= 0.6 is 31.9 Å². The molecule has 9 atom stereocenters. The third-order valence-electron chi connectivity index (χ3n) is 15.2. The molecule has 434 valence electrons. The monoisotopic (exact) mass is 1190 g/mol. The predicted molar refractivity (Wildman–Crippen MR) is 365 cm³/mol. The van der Waals surface area contributed by atoms with Gasteiger partial charge in [-0.2, -0.15) is 0 Å². The standard InChI is InChI=1S/C27H38.C22H28Br2.C22H28.3C2H6/c1-4-25(27-20-14-9-15-21-27)22-23(2)16-10-6-5-7-11-17-24(3)26-18-12-8-13-19-26;1-3-18(20-12-8-5-9-13-20)16-22(24)21(23)15-14-17(2)19-10-6-4-7-11-19;1-3-20(22-17-11-6-12-18-22)14-8-4-7-13-19(2)21-15-9-5-10-16-21;3*1-2/h5,7-9,12-15,18-21,23-25H,4,6,10-11,16-17,22H2,1-3H3;4-13,17-18,21-22H,3,14-16H2,1-2H3;4-6,8-12,15-20H,3,7,13-14H2,1-2H3;3*1-2H3. The van der Waals surface area contributed by atoms with E-state index in [2.05, 4.69) is 287 Å². The topological polar surface area (TPSA) is 0 Å². The Morgan fingerprint density at radius 2 is 0.620 bits per heavy atom. The molecule has 0 spiro atoms. The molecule has 0 N–H and O–H groups in total. The van der Waals surface area contributed by atoms with Crippen LogP contribution in [-0.2, 0) is 0 Å². The van der Waals surface area contributed by atoms with Crippen molar-refractivity contribution in [2.24, 2.45) is 5.92 Å². The number of rotatable bonds is 29. The number of allylic oxidation sites excluding steroid dienone is 4. The number of halogens is 2. The van der Waals surface area contributed by atoms with Gasteiger partial charge >= 0.3 is 0 Å². The molecule has 0 radical (unpaired) electrons. The van der Waals surface area contributed by atoms with Crippen molar-refractivity contribution in [1.82, 2.24) is 0 Å². The molecule has 6 aromatic rings. The summed E-state index contributed by atoms with van der Waals surface area (Å²) in [7, 11) is 0. The van der Waals surface area contributed by atoms with Gasteiger partial charge in [-0.25, -0.2) is 0 Å². The van der Waals surface area contributed by atoms with Crippen molar-refractivity contribution >= 4 is 31.9 Å². The minimum absolute atomic E-state index is 0.505. The highest BCUT2D eigenvalue weighted by Crippen LogP contribution is 2.34. The van der Waals surface area contributed by atoms with Gasteiger partial charge in [0.25, 0.3) is 0 Å². The van der Waals surface area contributed by atoms with E-state index in [1.165, 1.54) is 123 Å². The van der Waals surface area contributed by atoms with E-state index in [4.69, 9.17) is 0 Å². The maximum atomic E-state index is 3.94. The minimum Gasteiger partial charge on any atom is -0.0885 e. The van der Waals surface area contributed by atoms with Crippen LogP contribution in [0.5, 0.6) is 0 Å². The highest BCUT2D eigenvalue weighted by atomic mass is 79.9. The number of hydrogen-bond donors (Lipinski definition) is 0. The summed E-state index contributed by atoms with van der Waals surface area (Å²) in [5, 5.41) is 0. The second-order valence-corrected chi connectivity index (χ2v) is 23.3. The third-order valence-corrected chi connectivity index (χ3v) is 18.0. The highest BCUT2D eigenvalue weighted by Gasteiger charge is 2.22. The zero-order chi connectivity index (χ0) is 58.3. The van der Waals surface area contributed by atoms with Gasteiger partial charge in [0.05, 0.1) is 0 Å². The average molecular weight is 1200 g/mol. The first-order chi connectivity index (χ1) is 38.6. The number of benzene rings is 6. The van der Waals surface area contributed by atoms with Crippen molar-refractivity contribution in [3.05, 3.63) is 240 Å². The van der Waals surface area contributed by atoms with Crippen LogP contribution < -0.4 is 0 Å². The largest absolute Gasteiger partial charge is 0.0885 e. The minimum atomic E-state index is 0.505. The smallest absolute Gasteiger partial charge is 0.0276 e. The number of hydrogen-bond acceptors (Lipinski definition) is 0. The van der Waals surface area contributed by atoms with E-state index < -0.39 is 0 Å².